The SMILES string of the molecule is CC1=CC(C)(C)N(C)c2cc(Cl)c(/C=N/NC(=O)Nc3ccccc3)cc21. The van der Waals surface area contributed by atoms with Crippen molar-refractivity contribution in [3.05, 3.63) is 64.7 Å². The lowest BCUT2D eigenvalue weighted by molar-refractivity contribution is 0.252. The van der Waals surface area contributed by atoms with Crippen LogP contribution in [0, 0.1) is 0 Å². The van der Waals surface area contributed by atoms with Crippen LogP contribution in [0.1, 0.15) is 31.9 Å². The van der Waals surface area contributed by atoms with Crippen LogP contribution in [-0.4, -0.2) is 24.8 Å². The Balaban J connectivity index is 1.76. The van der Waals surface area contributed by atoms with Crippen molar-refractivity contribution < 1.29 is 4.79 Å². The van der Waals surface area contributed by atoms with E-state index in [0.29, 0.717) is 10.7 Å². The molecule has 2 amide bonds. The number of carbonyl (C=O) groups is 1. The normalized spacial score (nSPS) is 15.3. The fourth-order valence-electron chi connectivity index (χ4n) is 3.13. The molecule has 1 aliphatic rings. The number of urea groups is 1. The fourth-order valence-corrected chi connectivity index (χ4v) is 3.33. The number of likely N-dealkylation sites (N-methyl/N-ethyl adjacent to an activating group) is 1. The van der Waals surface area contributed by atoms with Gasteiger partial charge < -0.3 is 10.2 Å². The Hall–Kier alpha value is -2.79. The lowest BCUT2D eigenvalue weighted by Gasteiger charge is -2.40. The van der Waals surface area contributed by atoms with E-state index < -0.39 is 6.03 Å². The second kappa shape index (κ2) is 7.45. The van der Waals surface area contributed by atoms with Gasteiger partial charge in [-0.1, -0.05) is 35.9 Å². The maximum Gasteiger partial charge on any atom is 0.339 e. The van der Waals surface area contributed by atoms with Crippen LogP contribution >= 0.6 is 11.6 Å². The number of hydrogen-bond donors (Lipinski definition) is 2. The minimum atomic E-state index is -0.413. The van der Waals surface area contributed by atoms with Crippen molar-refractivity contribution in [1.29, 1.82) is 0 Å². The number of para-hydroxylation sites is 1. The van der Waals surface area contributed by atoms with Gasteiger partial charge in [0.1, 0.15) is 0 Å². The lowest BCUT2D eigenvalue weighted by Crippen LogP contribution is -2.42. The largest absolute Gasteiger partial charge is 0.365 e. The monoisotopic (exact) mass is 382 g/mol. The number of halogens is 1. The van der Waals surface area contributed by atoms with Gasteiger partial charge in [0, 0.05) is 29.5 Å². The maximum absolute atomic E-state index is 11.9. The van der Waals surface area contributed by atoms with E-state index in [2.05, 4.69) is 54.6 Å². The van der Waals surface area contributed by atoms with Gasteiger partial charge in [0.15, 0.2) is 0 Å². The highest BCUT2D eigenvalue weighted by molar-refractivity contribution is 6.33. The van der Waals surface area contributed by atoms with Gasteiger partial charge in [0.2, 0.25) is 0 Å². The number of nitrogens with one attached hydrogen (secondary N) is 2. The van der Waals surface area contributed by atoms with E-state index in [0.717, 1.165) is 16.8 Å². The molecule has 5 nitrogen and oxygen atoms in total. The fraction of sp³-hybridized carbons (Fsp3) is 0.238. The summed E-state index contributed by atoms with van der Waals surface area (Å²) in [5, 5.41) is 7.30. The van der Waals surface area contributed by atoms with Crippen LogP contribution in [0.5, 0.6) is 0 Å². The molecule has 0 aliphatic carbocycles. The van der Waals surface area contributed by atoms with Crippen LogP contribution in [0.4, 0.5) is 16.2 Å². The van der Waals surface area contributed by atoms with Crippen molar-refractivity contribution in [2.24, 2.45) is 5.10 Å². The first kappa shape index (κ1) is 19.0. The van der Waals surface area contributed by atoms with Crippen LogP contribution in [0.25, 0.3) is 5.57 Å². The molecule has 6 heteroatoms. The van der Waals surface area contributed by atoms with E-state index in [1.807, 2.05) is 30.3 Å². The molecule has 2 aromatic rings. The number of anilines is 2. The van der Waals surface area contributed by atoms with Gasteiger partial charge in [-0.2, -0.15) is 5.10 Å². The maximum atomic E-state index is 11.9. The highest BCUT2D eigenvalue weighted by Gasteiger charge is 2.29. The molecule has 2 N–H and O–H groups in total. The number of allylic oxidation sites excluding steroid dienone is 1. The van der Waals surface area contributed by atoms with Gasteiger partial charge >= 0.3 is 6.03 Å². The van der Waals surface area contributed by atoms with E-state index in [1.165, 1.54) is 5.57 Å². The molecule has 0 radical (unpaired) electrons. The van der Waals surface area contributed by atoms with Crippen LogP contribution in [-0.2, 0) is 0 Å². The first-order valence-corrected chi connectivity index (χ1v) is 9.08. The van der Waals surface area contributed by atoms with E-state index in [9.17, 15) is 4.79 Å². The quantitative estimate of drug-likeness (QED) is 0.571. The Kier molecular flexibility index (Phi) is 5.24. The third kappa shape index (κ3) is 4.14. The molecule has 0 bridgehead atoms. The van der Waals surface area contributed by atoms with Crippen molar-refractivity contribution in [3.8, 4) is 0 Å². The minimum absolute atomic E-state index is 0.0763. The predicted octanol–water partition coefficient (Wildman–Crippen LogP) is 5.13. The Labute approximate surface area is 164 Å². The van der Waals surface area contributed by atoms with E-state index in [4.69, 9.17) is 11.6 Å². The standard InChI is InChI=1S/C21H23ClN4O/c1-14-12-21(2,3)26(4)19-11-18(22)15(10-17(14)19)13-23-25-20(27)24-16-8-6-5-7-9-16/h5-13H,1-4H3,(H2,24,25,27)/b23-13+. The molecule has 1 aliphatic heterocycles. The summed E-state index contributed by atoms with van der Waals surface area (Å²) < 4.78 is 0. The van der Waals surface area contributed by atoms with Gasteiger partial charge in [0.25, 0.3) is 0 Å². The van der Waals surface area contributed by atoms with Crippen LogP contribution in [0.15, 0.2) is 53.6 Å². The smallest absolute Gasteiger partial charge is 0.339 e. The van der Waals surface area contributed by atoms with Gasteiger partial charge in [-0.15, -0.1) is 0 Å². The summed E-state index contributed by atoms with van der Waals surface area (Å²) in [5.41, 5.74) is 7.20. The van der Waals surface area contributed by atoms with Gasteiger partial charge in [-0.3, -0.25) is 0 Å². The molecule has 0 atom stereocenters. The zero-order valence-corrected chi connectivity index (χ0v) is 16.6. The molecule has 0 unspecified atom stereocenters. The Morgan fingerprint density at radius 3 is 2.63 bits per heavy atom. The molecule has 0 aromatic heterocycles. The van der Waals surface area contributed by atoms with Crippen molar-refractivity contribution >= 4 is 40.8 Å². The topological polar surface area (TPSA) is 56.7 Å². The predicted molar refractivity (Wildman–Crippen MR) is 114 cm³/mol. The molecular weight excluding hydrogens is 360 g/mol. The number of benzene rings is 2. The van der Waals surface area contributed by atoms with Crippen molar-refractivity contribution in [3.63, 3.8) is 0 Å². The summed E-state index contributed by atoms with van der Waals surface area (Å²) in [6, 6.07) is 12.7. The van der Waals surface area contributed by atoms with Crippen LogP contribution < -0.4 is 15.6 Å². The van der Waals surface area contributed by atoms with Crippen molar-refractivity contribution in [2.75, 3.05) is 17.3 Å². The average molecular weight is 383 g/mol. The number of fused-ring (bicyclic) bond motifs is 1. The van der Waals surface area contributed by atoms with Gasteiger partial charge in [-0.25, -0.2) is 10.2 Å². The molecule has 27 heavy (non-hydrogen) atoms. The summed E-state index contributed by atoms with van der Waals surface area (Å²) in [6.45, 7) is 6.42. The molecule has 0 saturated heterocycles. The highest BCUT2D eigenvalue weighted by Crippen LogP contribution is 2.40. The lowest BCUT2D eigenvalue weighted by atomic mass is 9.88. The van der Waals surface area contributed by atoms with Gasteiger partial charge in [-0.05, 0) is 50.6 Å². The van der Waals surface area contributed by atoms with Crippen molar-refractivity contribution in [2.45, 2.75) is 26.3 Å². The second-order valence-corrected chi connectivity index (χ2v) is 7.53. The van der Waals surface area contributed by atoms with Crippen molar-refractivity contribution in [1.82, 2.24) is 5.43 Å². The molecule has 140 valence electrons. The third-order valence-corrected chi connectivity index (χ3v) is 5.06. The number of rotatable bonds is 3. The number of nitrogens with zero attached hydrogens (tertiary/aromatic N) is 2. The molecule has 0 saturated carbocycles. The molecule has 2 aromatic carbocycles. The summed E-state index contributed by atoms with van der Waals surface area (Å²) >= 11 is 6.45. The minimum Gasteiger partial charge on any atom is -0.365 e. The Morgan fingerprint density at radius 1 is 1.22 bits per heavy atom. The van der Waals surface area contributed by atoms with E-state index in [-0.39, 0.29) is 5.54 Å². The van der Waals surface area contributed by atoms with Crippen LogP contribution in [0.3, 0.4) is 0 Å². The van der Waals surface area contributed by atoms with E-state index in [1.54, 1.807) is 18.3 Å². The number of hydrazone groups is 1. The van der Waals surface area contributed by atoms with E-state index >= 15 is 0 Å². The molecule has 1 heterocycles. The first-order chi connectivity index (χ1) is 12.8. The Morgan fingerprint density at radius 2 is 1.93 bits per heavy atom. The summed E-state index contributed by atoms with van der Waals surface area (Å²) in [6.07, 6.45) is 3.79. The second-order valence-electron chi connectivity index (χ2n) is 7.12. The molecule has 0 spiro atoms. The summed E-state index contributed by atoms with van der Waals surface area (Å²) in [4.78, 5) is 14.1. The number of carbonyl (C=O) groups excluding carboxylic acids is 1. The Bertz CT molecular complexity index is 919. The van der Waals surface area contributed by atoms with Crippen LogP contribution in [0.2, 0.25) is 5.02 Å². The number of hydrogen-bond acceptors (Lipinski definition) is 3. The summed E-state index contributed by atoms with van der Waals surface area (Å²) in [7, 11) is 2.06. The molecular formula is C21H23ClN4O. The first-order valence-electron chi connectivity index (χ1n) is 8.70. The average Bonchev–Trinajstić information content (AvgIpc) is 2.61. The number of amides is 2. The zero-order chi connectivity index (χ0) is 19.6. The van der Waals surface area contributed by atoms with Gasteiger partial charge in [0.05, 0.1) is 16.8 Å². The third-order valence-electron chi connectivity index (χ3n) is 4.74. The highest BCUT2D eigenvalue weighted by atomic mass is 35.5. The molecule has 3 rings (SSSR count). The summed E-state index contributed by atoms with van der Waals surface area (Å²) in [5.74, 6) is 0. The zero-order valence-electron chi connectivity index (χ0n) is 15.9. The molecule has 0 fully saturated rings.